The first-order chi connectivity index (χ1) is 11.0. The number of ether oxygens (including phenoxy) is 1. The maximum absolute atomic E-state index is 11.9. The van der Waals surface area contributed by atoms with E-state index in [9.17, 15) is 9.59 Å². The second kappa shape index (κ2) is 7.78. The van der Waals surface area contributed by atoms with E-state index in [1.165, 1.54) is 17.7 Å². The fraction of sp³-hybridized carbons (Fsp3) is 0.412. The van der Waals surface area contributed by atoms with Crippen LogP contribution >= 0.6 is 0 Å². The Bertz CT molecular complexity index is 750. The zero-order chi connectivity index (χ0) is 16.8. The molecule has 124 valence electrons. The van der Waals surface area contributed by atoms with Gasteiger partial charge >= 0.3 is 5.69 Å². The van der Waals surface area contributed by atoms with Crippen LogP contribution in [0.5, 0.6) is 5.75 Å². The van der Waals surface area contributed by atoms with Crippen molar-refractivity contribution in [2.24, 2.45) is 14.1 Å². The molecule has 2 rings (SSSR count). The Kier molecular flexibility index (Phi) is 5.76. The number of rotatable bonds is 7. The summed E-state index contributed by atoms with van der Waals surface area (Å²) in [5, 5.41) is 0. The Morgan fingerprint density at radius 3 is 2.48 bits per heavy atom. The lowest BCUT2D eigenvalue weighted by Crippen LogP contribution is -2.39. The second-order valence-corrected chi connectivity index (χ2v) is 5.63. The van der Waals surface area contributed by atoms with Crippen molar-refractivity contribution < 1.29 is 4.74 Å². The third kappa shape index (κ3) is 4.56. The maximum Gasteiger partial charge on any atom is 0.330 e. The molecule has 0 aliphatic carbocycles. The van der Waals surface area contributed by atoms with Crippen molar-refractivity contribution in [1.29, 1.82) is 0 Å². The highest BCUT2D eigenvalue weighted by Crippen LogP contribution is 2.08. The summed E-state index contributed by atoms with van der Waals surface area (Å²) < 4.78 is 8.27. The Morgan fingerprint density at radius 2 is 1.78 bits per heavy atom. The quantitative estimate of drug-likeness (QED) is 0.715. The predicted octanol–water partition coefficient (Wildman–Crippen LogP) is 0.985. The van der Waals surface area contributed by atoms with Crippen molar-refractivity contribution in [2.45, 2.75) is 13.0 Å². The third-order valence-electron chi connectivity index (χ3n) is 3.75. The topological polar surface area (TPSA) is 56.5 Å². The van der Waals surface area contributed by atoms with E-state index in [2.05, 4.69) is 4.90 Å². The molecule has 2 aromatic rings. The van der Waals surface area contributed by atoms with Gasteiger partial charge < -0.3 is 9.64 Å². The summed E-state index contributed by atoms with van der Waals surface area (Å²) in [6, 6.07) is 11.2. The third-order valence-corrected chi connectivity index (χ3v) is 3.75. The van der Waals surface area contributed by atoms with Gasteiger partial charge in [0.05, 0.1) is 6.61 Å². The van der Waals surface area contributed by atoms with Crippen LogP contribution < -0.4 is 16.0 Å². The molecule has 0 saturated carbocycles. The van der Waals surface area contributed by atoms with E-state index < -0.39 is 0 Å². The first-order valence-electron chi connectivity index (χ1n) is 7.61. The average molecular weight is 317 g/mol. The molecule has 0 atom stereocenters. The predicted molar refractivity (Wildman–Crippen MR) is 89.8 cm³/mol. The molecular weight excluding hydrogens is 294 g/mol. The van der Waals surface area contributed by atoms with Gasteiger partial charge in [0.15, 0.2) is 0 Å². The van der Waals surface area contributed by atoms with Gasteiger partial charge in [-0.1, -0.05) is 18.2 Å². The number of hydrogen-bond donors (Lipinski definition) is 0. The molecule has 23 heavy (non-hydrogen) atoms. The number of aromatic nitrogens is 2. The molecule has 0 amide bonds. The van der Waals surface area contributed by atoms with Crippen LogP contribution in [-0.2, 0) is 20.6 Å². The van der Waals surface area contributed by atoms with Crippen molar-refractivity contribution in [2.75, 3.05) is 20.2 Å². The van der Waals surface area contributed by atoms with E-state index in [0.29, 0.717) is 18.8 Å². The molecule has 0 bridgehead atoms. The standard InChI is InChI=1S/C17H23N3O3/c1-18(10-7-11-23-15-8-5-4-6-9-15)13-14-12-16(21)20(3)17(22)19(14)2/h4-6,8-9,12H,7,10-11,13H2,1-3H3. The zero-order valence-electron chi connectivity index (χ0n) is 13.9. The van der Waals surface area contributed by atoms with Gasteiger partial charge in [-0.05, 0) is 25.6 Å². The Labute approximate surface area is 135 Å². The van der Waals surface area contributed by atoms with Gasteiger partial charge in [0, 0.05) is 38.9 Å². The SMILES string of the molecule is CN(CCCOc1ccccc1)Cc1cc(=O)n(C)c(=O)n1C. The summed E-state index contributed by atoms with van der Waals surface area (Å²) in [4.78, 5) is 25.7. The highest BCUT2D eigenvalue weighted by atomic mass is 16.5. The van der Waals surface area contributed by atoms with E-state index in [-0.39, 0.29) is 11.2 Å². The summed E-state index contributed by atoms with van der Waals surface area (Å²) in [5.41, 5.74) is 0.141. The monoisotopic (exact) mass is 317 g/mol. The average Bonchev–Trinajstić information content (AvgIpc) is 2.55. The largest absolute Gasteiger partial charge is 0.494 e. The van der Waals surface area contributed by atoms with Crippen LogP contribution in [0.15, 0.2) is 46.0 Å². The molecule has 0 aliphatic heterocycles. The summed E-state index contributed by atoms with van der Waals surface area (Å²) in [7, 11) is 5.13. The van der Waals surface area contributed by atoms with Gasteiger partial charge in [-0.25, -0.2) is 4.79 Å². The molecule has 1 aromatic heterocycles. The lowest BCUT2D eigenvalue weighted by molar-refractivity contribution is 0.255. The van der Waals surface area contributed by atoms with Crippen molar-refractivity contribution in [3.05, 3.63) is 62.9 Å². The Balaban J connectivity index is 1.85. The van der Waals surface area contributed by atoms with Crippen LogP contribution in [0.3, 0.4) is 0 Å². The van der Waals surface area contributed by atoms with E-state index >= 15 is 0 Å². The highest BCUT2D eigenvalue weighted by Gasteiger charge is 2.08. The zero-order valence-corrected chi connectivity index (χ0v) is 13.9. The van der Waals surface area contributed by atoms with E-state index in [1.54, 1.807) is 7.05 Å². The molecule has 0 fully saturated rings. The fourth-order valence-corrected chi connectivity index (χ4v) is 2.33. The summed E-state index contributed by atoms with van der Waals surface area (Å²) >= 11 is 0. The van der Waals surface area contributed by atoms with Crippen molar-refractivity contribution in [1.82, 2.24) is 14.0 Å². The van der Waals surface area contributed by atoms with Crippen LogP contribution in [0.2, 0.25) is 0 Å². The molecule has 1 aromatic carbocycles. The van der Waals surface area contributed by atoms with Crippen molar-refractivity contribution in [3.8, 4) is 5.75 Å². The minimum absolute atomic E-state index is 0.274. The summed E-state index contributed by atoms with van der Waals surface area (Å²) in [5.74, 6) is 0.865. The Morgan fingerprint density at radius 1 is 1.09 bits per heavy atom. The van der Waals surface area contributed by atoms with Gasteiger partial charge in [0.2, 0.25) is 0 Å². The van der Waals surface area contributed by atoms with Gasteiger partial charge in [-0.2, -0.15) is 0 Å². The second-order valence-electron chi connectivity index (χ2n) is 5.63. The minimum atomic E-state index is -0.298. The molecule has 0 spiro atoms. The van der Waals surface area contributed by atoms with Crippen LogP contribution in [0.1, 0.15) is 12.1 Å². The number of para-hydroxylation sites is 1. The fourth-order valence-electron chi connectivity index (χ4n) is 2.33. The minimum Gasteiger partial charge on any atom is -0.494 e. The van der Waals surface area contributed by atoms with Gasteiger partial charge in [0.25, 0.3) is 5.56 Å². The van der Waals surface area contributed by atoms with Gasteiger partial charge in [-0.15, -0.1) is 0 Å². The van der Waals surface area contributed by atoms with Crippen LogP contribution in [0.4, 0.5) is 0 Å². The van der Waals surface area contributed by atoms with E-state index in [1.807, 2.05) is 37.4 Å². The first kappa shape index (κ1) is 17.0. The molecule has 0 saturated heterocycles. The molecule has 0 unspecified atom stereocenters. The van der Waals surface area contributed by atoms with E-state index in [0.717, 1.165) is 23.3 Å². The van der Waals surface area contributed by atoms with Crippen LogP contribution in [-0.4, -0.2) is 34.2 Å². The molecule has 0 N–H and O–H groups in total. The number of nitrogens with zero attached hydrogens (tertiary/aromatic N) is 3. The lowest BCUT2D eigenvalue weighted by atomic mass is 10.3. The highest BCUT2D eigenvalue weighted by molar-refractivity contribution is 5.20. The van der Waals surface area contributed by atoms with Crippen molar-refractivity contribution in [3.63, 3.8) is 0 Å². The molecule has 0 radical (unpaired) electrons. The van der Waals surface area contributed by atoms with Crippen LogP contribution in [0, 0.1) is 0 Å². The normalized spacial score (nSPS) is 11.0. The molecular formula is C17H23N3O3. The molecule has 6 nitrogen and oxygen atoms in total. The molecule has 0 aliphatic rings. The summed E-state index contributed by atoms with van der Waals surface area (Å²) in [6.45, 7) is 1.99. The molecule has 6 heteroatoms. The van der Waals surface area contributed by atoms with E-state index in [4.69, 9.17) is 4.74 Å². The molecule has 1 heterocycles. The van der Waals surface area contributed by atoms with Gasteiger partial charge in [-0.3, -0.25) is 13.9 Å². The smallest absolute Gasteiger partial charge is 0.330 e. The van der Waals surface area contributed by atoms with Crippen molar-refractivity contribution >= 4 is 0 Å². The number of hydrogen-bond acceptors (Lipinski definition) is 4. The maximum atomic E-state index is 11.9. The first-order valence-corrected chi connectivity index (χ1v) is 7.61. The van der Waals surface area contributed by atoms with Crippen LogP contribution in [0.25, 0.3) is 0 Å². The summed E-state index contributed by atoms with van der Waals surface area (Å²) in [6.07, 6.45) is 0.865. The lowest BCUT2D eigenvalue weighted by Gasteiger charge is -2.18. The number of benzene rings is 1. The van der Waals surface area contributed by atoms with Gasteiger partial charge in [0.1, 0.15) is 5.75 Å². The Hall–Kier alpha value is -2.34.